The van der Waals surface area contributed by atoms with Crippen LogP contribution in [0.2, 0.25) is 0 Å². The Hall–Kier alpha value is -0.510. The maximum absolute atomic E-state index is 12.6. The van der Waals surface area contributed by atoms with E-state index in [9.17, 15) is 13.2 Å². The van der Waals surface area contributed by atoms with Crippen LogP contribution in [0.5, 0.6) is 0 Å². The Morgan fingerprint density at radius 1 is 1.58 bits per heavy atom. The first-order chi connectivity index (χ1) is 5.54. The summed E-state index contributed by atoms with van der Waals surface area (Å²) in [5.41, 5.74) is 0. The van der Waals surface area contributed by atoms with Gasteiger partial charge in [-0.1, -0.05) is 13.0 Å². The van der Waals surface area contributed by atoms with Crippen molar-refractivity contribution in [2.45, 2.75) is 25.4 Å². The van der Waals surface area contributed by atoms with Crippen molar-refractivity contribution in [3.63, 3.8) is 0 Å². The van der Waals surface area contributed by atoms with E-state index in [2.05, 4.69) is 11.3 Å². The van der Waals surface area contributed by atoms with Crippen LogP contribution in [-0.4, -0.2) is 25.3 Å². The van der Waals surface area contributed by atoms with E-state index in [4.69, 9.17) is 0 Å². The van der Waals surface area contributed by atoms with Gasteiger partial charge in [0.25, 0.3) is 0 Å². The van der Waals surface area contributed by atoms with Crippen molar-refractivity contribution >= 4 is 0 Å². The molecule has 0 fully saturated rings. The third-order valence-corrected chi connectivity index (χ3v) is 1.35. The highest BCUT2D eigenvalue weighted by atomic mass is 19.3. The number of ether oxygens (including phenoxy) is 1. The van der Waals surface area contributed by atoms with Gasteiger partial charge < -0.3 is 4.74 Å². The molecule has 0 N–H and O–H groups in total. The molecular formula is C8H13F3O. The molecule has 0 aliphatic heterocycles. The highest BCUT2D eigenvalue weighted by molar-refractivity contribution is 4.76. The van der Waals surface area contributed by atoms with Crippen molar-refractivity contribution in [3.05, 3.63) is 12.7 Å². The van der Waals surface area contributed by atoms with Gasteiger partial charge in [-0.3, -0.25) is 0 Å². The van der Waals surface area contributed by atoms with E-state index in [1.54, 1.807) is 0 Å². The molecule has 72 valence electrons. The molecule has 0 aromatic carbocycles. The van der Waals surface area contributed by atoms with Gasteiger partial charge in [-0.05, 0) is 6.42 Å². The molecule has 0 aromatic rings. The average molecular weight is 182 g/mol. The van der Waals surface area contributed by atoms with Crippen LogP contribution in [-0.2, 0) is 4.74 Å². The van der Waals surface area contributed by atoms with Crippen LogP contribution >= 0.6 is 0 Å². The van der Waals surface area contributed by atoms with E-state index >= 15 is 0 Å². The summed E-state index contributed by atoms with van der Waals surface area (Å²) >= 11 is 0. The van der Waals surface area contributed by atoms with Gasteiger partial charge in [0, 0.05) is 0 Å². The molecule has 0 amide bonds. The molecule has 0 bridgehead atoms. The van der Waals surface area contributed by atoms with E-state index in [1.807, 2.05) is 0 Å². The fraction of sp³-hybridized carbons (Fsp3) is 0.750. The Morgan fingerprint density at radius 3 is 2.58 bits per heavy atom. The summed E-state index contributed by atoms with van der Waals surface area (Å²) in [7, 11) is 0. The third kappa shape index (κ3) is 3.76. The van der Waals surface area contributed by atoms with E-state index in [0.29, 0.717) is 0 Å². The van der Waals surface area contributed by atoms with Crippen LogP contribution in [0.1, 0.15) is 13.3 Å². The van der Waals surface area contributed by atoms with Gasteiger partial charge >= 0.3 is 5.92 Å². The predicted molar refractivity (Wildman–Crippen MR) is 41.2 cm³/mol. The molecule has 0 saturated heterocycles. The van der Waals surface area contributed by atoms with E-state index in [-0.39, 0.29) is 13.0 Å². The van der Waals surface area contributed by atoms with Crippen molar-refractivity contribution in [2.75, 3.05) is 13.2 Å². The zero-order valence-electron chi connectivity index (χ0n) is 7.03. The summed E-state index contributed by atoms with van der Waals surface area (Å²) in [5.74, 6) is -3.38. The normalized spacial score (nSPS) is 14.3. The molecule has 0 radical (unpaired) electrons. The molecule has 1 unspecified atom stereocenters. The molecule has 1 atom stereocenters. The van der Waals surface area contributed by atoms with Crippen LogP contribution in [0, 0.1) is 0 Å². The summed E-state index contributed by atoms with van der Waals surface area (Å²) in [6.45, 7) is 3.79. The van der Waals surface area contributed by atoms with Gasteiger partial charge in [-0.2, -0.15) is 0 Å². The van der Waals surface area contributed by atoms with Gasteiger partial charge in [-0.25, -0.2) is 13.2 Å². The average Bonchev–Trinajstić information content (AvgIpc) is 2.03. The Labute approximate surface area is 70.2 Å². The lowest BCUT2D eigenvalue weighted by Crippen LogP contribution is -2.34. The van der Waals surface area contributed by atoms with Crippen molar-refractivity contribution in [3.8, 4) is 0 Å². The second-order valence-corrected chi connectivity index (χ2v) is 2.44. The molecule has 1 nitrogen and oxygen atoms in total. The molecule has 0 spiro atoms. The van der Waals surface area contributed by atoms with Crippen molar-refractivity contribution in [2.24, 2.45) is 0 Å². The van der Waals surface area contributed by atoms with Crippen LogP contribution < -0.4 is 0 Å². The summed E-state index contributed by atoms with van der Waals surface area (Å²) in [6.07, 6.45) is -0.984. The maximum Gasteiger partial charge on any atom is 0.301 e. The molecule has 12 heavy (non-hydrogen) atoms. The summed E-state index contributed by atoms with van der Waals surface area (Å²) in [4.78, 5) is 0. The van der Waals surface area contributed by atoms with Crippen molar-refractivity contribution in [1.29, 1.82) is 0 Å². The van der Waals surface area contributed by atoms with Crippen LogP contribution in [0.4, 0.5) is 13.2 Å². The van der Waals surface area contributed by atoms with Crippen molar-refractivity contribution < 1.29 is 17.9 Å². The Balaban J connectivity index is 3.77. The zero-order valence-corrected chi connectivity index (χ0v) is 7.03. The highest BCUT2D eigenvalue weighted by Crippen LogP contribution is 2.23. The number of alkyl halides is 3. The number of hydrogen-bond acceptors (Lipinski definition) is 1. The fourth-order valence-electron chi connectivity index (χ4n) is 0.667. The third-order valence-electron chi connectivity index (χ3n) is 1.35. The first-order valence-electron chi connectivity index (χ1n) is 3.75. The van der Waals surface area contributed by atoms with Crippen LogP contribution in [0.25, 0.3) is 0 Å². The number of halogens is 3. The molecule has 0 aliphatic carbocycles. The van der Waals surface area contributed by atoms with Crippen LogP contribution in [0.3, 0.4) is 0 Å². The molecular weight excluding hydrogens is 169 g/mol. The fourth-order valence-corrected chi connectivity index (χ4v) is 0.667. The highest BCUT2D eigenvalue weighted by Gasteiger charge is 2.38. The van der Waals surface area contributed by atoms with Gasteiger partial charge in [-0.15, -0.1) is 6.58 Å². The SMILES string of the molecule is C=CCOCC(F)(F)C(F)CC. The molecule has 0 saturated carbocycles. The number of hydrogen-bond donors (Lipinski definition) is 0. The van der Waals surface area contributed by atoms with Gasteiger partial charge in [0.1, 0.15) is 6.61 Å². The van der Waals surface area contributed by atoms with Gasteiger partial charge in [0.15, 0.2) is 6.17 Å². The monoisotopic (exact) mass is 182 g/mol. The molecule has 0 rings (SSSR count). The smallest absolute Gasteiger partial charge is 0.301 e. The van der Waals surface area contributed by atoms with Gasteiger partial charge in [0.2, 0.25) is 0 Å². The molecule has 0 aromatic heterocycles. The first-order valence-corrected chi connectivity index (χ1v) is 3.75. The predicted octanol–water partition coefficient (Wildman–Crippen LogP) is 2.57. The first kappa shape index (κ1) is 11.5. The Morgan fingerprint density at radius 2 is 2.17 bits per heavy atom. The minimum Gasteiger partial charge on any atom is -0.371 e. The summed E-state index contributed by atoms with van der Waals surface area (Å²) < 4.78 is 42.2. The Kier molecular flexibility index (Phi) is 4.97. The Bertz CT molecular complexity index is 136. The standard InChI is InChI=1S/C8H13F3O/c1-3-5-12-6-8(10,11)7(9)4-2/h3,7H,1,4-6H2,2H3. The lowest BCUT2D eigenvalue weighted by atomic mass is 10.2. The topological polar surface area (TPSA) is 9.23 Å². The minimum absolute atomic E-state index is 0.0199. The lowest BCUT2D eigenvalue weighted by molar-refractivity contribution is -0.122. The van der Waals surface area contributed by atoms with Gasteiger partial charge in [0.05, 0.1) is 6.61 Å². The largest absolute Gasteiger partial charge is 0.371 e. The summed E-state index contributed by atoms with van der Waals surface area (Å²) in [6, 6.07) is 0. The second-order valence-electron chi connectivity index (χ2n) is 2.44. The summed E-state index contributed by atoms with van der Waals surface area (Å²) in [5, 5.41) is 0. The lowest BCUT2D eigenvalue weighted by Gasteiger charge is -2.18. The second kappa shape index (κ2) is 5.19. The van der Waals surface area contributed by atoms with Crippen molar-refractivity contribution in [1.82, 2.24) is 0 Å². The maximum atomic E-state index is 12.6. The van der Waals surface area contributed by atoms with Crippen LogP contribution in [0.15, 0.2) is 12.7 Å². The minimum atomic E-state index is -3.38. The van der Waals surface area contributed by atoms with E-state index in [0.717, 1.165) is 0 Å². The zero-order chi connectivity index (χ0) is 9.61. The quantitative estimate of drug-likeness (QED) is 0.453. The molecule has 4 heteroatoms. The molecule has 0 aliphatic rings. The van der Waals surface area contributed by atoms with E-state index in [1.165, 1.54) is 13.0 Å². The van der Waals surface area contributed by atoms with E-state index < -0.39 is 18.7 Å². The number of rotatable bonds is 6. The molecule has 0 heterocycles.